The Kier molecular flexibility index (Phi) is 9.56. The number of hydrogen-bond acceptors (Lipinski definition) is 7. The molecule has 2 aromatic carbocycles. The summed E-state index contributed by atoms with van der Waals surface area (Å²) >= 11 is 1.43. The fourth-order valence-corrected chi connectivity index (χ4v) is 4.85. The van der Waals surface area contributed by atoms with Gasteiger partial charge in [-0.3, -0.25) is 0 Å². The molecule has 0 bridgehead atoms. The predicted molar refractivity (Wildman–Crippen MR) is 135 cm³/mol. The van der Waals surface area contributed by atoms with Gasteiger partial charge in [0.2, 0.25) is 0 Å². The summed E-state index contributed by atoms with van der Waals surface area (Å²) < 4.78 is 45.5. The van der Waals surface area contributed by atoms with Crippen LogP contribution in [0.3, 0.4) is 0 Å². The Morgan fingerprint density at radius 2 is 1.89 bits per heavy atom. The van der Waals surface area contributed by atoms with E-state index in [1.807, 2.05) is 31.4 Å². The molecule has 0 aliphatic heterocycles. The van der Waals surface area contributed by atoms with E-state index in [1.165, 1.54) is 36.1 Å². The molecule has 14 heteroatoms. The van der Waals surface area contributed by atoms with E-state index >= 15 is 4.39 Å². The molecule has 3 N–H and O–H groups in total. The van der Waals surface area contributed by atoms with Gasteiger partial charge in [0.1, 0.15) is 29.9 Å². The maximum absolute atomic E-state index is 15.1. The summed E-state index contributed by atoms with van der Waals surface area (Å²) in [7, 11) is -4.64. The zero-order valence-electron chi connectivity index (χ0n) is 20.3. The molecular weight excluding hydrogens is 539 g/mol. The van der Waals surface area contributed by atoms with Crippen molar-refractivity contribution in [3.05, 3.63) is 88.3 Å². The summed E-state index contributed by atoms with van der Waals surface area (Å²) in [5.41, 5.74) is 1.20. The minimum Gasteiger partial charge on any atom is -0.368 e. The van der Waals surface area contributed by atoms with Crippen molar-refractivity contribution in [1.82, 2.24) is 19.7 Å². The Morgan fingerprint density at radius 3 is 2.45 bits per heavy atom. The fraction of sp³-hybridized carbons (Fsp3) is 0.250. The first-order chi connectivity index (χ1) is 18.0. The van der Waals surface area contributed by atoms with E-state index in [4.69, 9.17) is 34.2 Å². The van der Waals surface area contributed by atoms with Crippen LogP contribution in [0.4, 0.5) is 8.78 Å². The lowest BCUT2D eigenvalue weighted by molar-refractivity contribution is -0.0790. The largest absolute Gasteiger partial charge is 0.466 e. The van der Waals surface area contributed by atoms with Crippen molar-refractivity contribution in [3.63, 3.8) is 0 Å². The predicted octanol–water partition coefficient (Wildman–Crippen LogP) is 4.36. The fourth-order valence-electron chi connectivity index (χ4n) is 3.88. The molecule has 38 heavy (non-hydrogen) atoms. The standard InChI is InChI=1S/C24H21F2N5OS.H3O4P/c1-3-32-24(13-31-15-28-14-29-31,20-9-8-19(25)10-21(20)26)16(2)23-30-22(12-33-23)18-6-4-17(11-27)5-7-18;1-5(2,3)4/h4-10,12,14-16H,3,13H2,1-2H3;(H3,1,2,3,4)/t16-,24+;/m0./s1. The van der Waals surface area contributed by atoms with Gasteiger partial charge in [-0.05, 0) is 25.1 Å². The number of nitriles is 1. The SMILES string of the molecule is CCO[C@@](Cn1cncn1)(c1ccc(F)cc1F)[C@@H](C)c1nc(-c2ccc(C#N)cc2)cs1.O=P(O)(O)O. The van der Waals surface area contributed by atoms with Crippen LogP contribution in [0, 0.1) is 23.0 Å². The highest BCUT2D eigenvalue weighted by Crippen LogP contribution is 2.44. The lowest BCUT2D eigenvalue weighted by atomic mass is 9.81. The Bertz CT molecular complexity index is 1430. The average Bonchev–Trinajstić information content (AvgIpc) is 3.55. The maximum Gasteiger partial charge on any atom is 0.466 e. The molecule has 0 aliphatic rings. The number of hydrogen-bond donors (Lipinski definition) is 3. The number of rotatable bonds is 8. The number of ether oxygens (including phenoxy) is 1. The second-order valence-corrected chi connectivity index (χ2v) is 9.95. The first kappa shape index (κ1) is 29.2. The van der Waals surface area contributed by atoms with Gasteiger partial charge in [0.25, 0.3) is 0 Å². The molecule has 0 aliphatic carbocycles. The van der Waals surface area contributed by atoms with Crippen LogP contribution in [0.25, 0.3) is 11.3 Å². The second kappa shape index (κ2) is 12.4. The van der Waals surface area contributed by atoms with E-state index in [9.17, 15) is 4.39 Å². The van der Waals surface area contributed by atoms with E-state index in [0.29, 0.717) is 12.2 Å². The van der Waals surface area contributed by atoms with E-state index in [-0.39, 0.29) is 12.1 Å². The molecule has 4 aromatic rings. The number of aromatic nitrogens is 4. The third kappa shape index (κ3) is 7.35. The maximum atomic E-state index is 15.1. The Labute approximate surface area is 221 Å². The second-order valence-electron chi connectivity index (χ2n) is 8.03. The van der Waals surface area contributed by atoms with Crippen molar-refractivity contribution in [3.8, 4) is 17.3 Å². The number of nitrogens with zero attached hydrogens (tertiary/aromatic N) is 5. The van der Waals surface area contributed by atoms with E-state index in [0.717, 1.165) is 22.3 Å². The van der Waals surface area contributed by atoms with Gasteiger partial charge in [-0.1, -0.05) is 25.1 Å². The molecule has 0 fully saturated rings. The van der Waals surface area contributed by atoms with Crippen molar-refractivity contribution >= 4 is 19.2 Å². The topological polar surface area (TPSA) is 154 Å². The molecule has 0 unspecified atom stereocenters. The Morgan fingerprint density at radius 1 is 1.21 bits per heavy atom. The van der Waals surface area contributed by atoms with Gasteiger partial charge in [0.05, 0.1) is 28.9 Å². The molecule has 0 spiro atoms. The smallest absolute Gasteiger partial charge is 0.368 e. The van der Waals surface area contributed by atoms with Gasteiger partial charge in [0, 0.05) is 35.1 Å². The van der Waals surface area contributed by atoms with Crippen LogP contribution < -0.4 is 0 Å². The van der Waals surface area contributed by atoms with Gasteiger partial charge in [0.15, 0.2) is 0 Å². The summed E-state index contributed by atoms with van der Waals surface area (Å²) in [6, 6.07) is 12.8. The van der Waals surface area contributed by atoms with Crippen LogP contribution in [0.5, 0.6) is 0 Å². The number of phosphoric acid groups is 1. The first-order valence-electron chi connectivity index (χ1n) is 11.1. The van der Waals surface area contributed by atoms with E-state index in [1.54, 1.807) is 16.8 Å². The zero-order valence-corrected chi connectivity index (χ0v) is 22.0. The quantitative estimate of drug-likeness (QED) is 0.265. The summed E-state index contributed by atoms with van der Waals surface area (Å²) in [6.45, 7) is 4.20. The van der Waals surface area contributed by atoms with Crippen LogP contribution >= 0.6 is 19.2 Å². The van der Waals surface area contributed by atoms with Crippen LogP contribution in [-0.4, -0.2) is 41.0 Å². The Hall–Kier alpha value is -3.37. The molecule has 2 heterocycles. The normalized spacial score (nSPS) is 13.6. The summed E-state index contributed by atoms with van der Waals surface area (Å²) in [6.07, 6.45) is 2.93. The lowest BCUT2D eigenvalue weighted by Gasteiger charge is -2.38. The van der Waals surface area contributed by atoms with Crippen LogP contribution in [0.1, 0.15) is 35.9 Å². The van der Waals surface area contributed by atoms with E-state index < -0.39 is 31.0 Å². The van der Waals surface area contributed by atoms with Gasteiger partial charge in [-0.25, -0.2) is 28.0 Å². The highest BCUT2D eigenvalue weighted by Gasteiger charge is 2.44. The van der Waals surface area contributed by atoms with Crippen LogP contribution in [-0.2, 0) is 21.4 Å². The molecule has 2 aromatic heterocycles. The molecule has 10 nitrogen and oxygen atoms in total. The molecule has 0 saturated heterocycles. The number of thiazole rings is 1. The highest BCUT2D eigenvalue weighted by atomic mass is 32.1. The lowest BCUT2D eigenvalue weighted by Crippen LogP contribution is -2.41. The average molecular weight is 564 g/mol. The number of benzene rings is 2. The van der Waals surface area contributed by atoms with Gasteiger partial charge < -0.3 is 19.4 Å². The van der Waals surface area contributed by atoms with Crippen molar-refractivity contribution in [2.75, 3.05) is 6.61 Å². The monoisotopic (exact) mass is 563 g/mol. The first-order valence-corrected chi connectivity index (χ1v) is 13.6. The third-order valence-corrected chi connectivity index (χ3v) is 6.58. The van der Waals surface area contributed by atoms with Crippen molar-refractivity contribution in [2.24, 2.45) is 0 Å². The molecule has 200 valence electrons. The molecule has 0 amide bonds. The van der Waals surface area contributed by atoms with Crippen molar-refractivity contribution in [2.45, 2.75) is 31.9 Å². The highest BCUT2D eigenvalue weighted by molar-refractivity contribution is 7.45. The summed E-state index contributed by atoms with van der Waals surface area (Å²) in [5, 5.41) is 15.9. The molecule has 4 rings (SSSR count). The van der Waals surface area contributed by atoms with Crippen molar-refractivity contribution in [1.29, 1.82) is 5.26 Å². The molecule has 0 radical (unpaired) electrons. The van der Waals surface area contributed by atoms with Crippen LogP contribution in [0.15, 0.2) is 60.5 Å². The molecule has 0 saturated carbocycles. The third-order valence-electron chi connectivity index (χ3n) is 5.55. The van der Waals surface area contributed by atoms with Gasteiger partial charge >= 0.3 is 7.82 Å². The molecular formula is C24H24F2N5O5PS. The minimum absolute atomic E-state index is 0.163. The summed E-state index contributed by atoms with van der Waals surface area (Å²) in [4.78, 5) is 30.4. The van der Waals surface area contributed by atoms with Crippen LogP contribution in [0.2, 0.25) is 0 Å². The van der Waals surface area contributed by atoms with Gasteiger partial charge in [-0.2, -0.15) is 10.4 Å². The Balaban J connectivity index is 0.000000732. The van der Waals surface area contributed by atoms with Gasteiger partial charge in [-0.15, -0.1) is 11.3 Å². The van der Waals surface area contributed by atoms with Crippen molar-refractivity contribution < 1.29 is 32.8 Å². The molecule has 2 atom stereocenters. The zero-order chi connectivity index (χ0) is 27.9. The minimum atomic E-state index is -4.64. The number of halogens is 2. The summed E-state index contributed by atoms with van der Waals surface area (Å²) in [5.74, 6) is -1.76. The van der Waals surface area contributed by atoms with E-state index in [2.05, 4.69) is 16.2 Å².